The average molecular weight is 254 g/mol. The van der Waals surface area contributed by atoms with Crippen molar-refractivity contribution in [3.63, 3.8) is 0 Å². The Labute approximate surface area is 113 Å². The van der Waals surface area contributed by atoms with Crippen molar-refractivity contribution in [3.05, 3.63) is 42.2 Å². The standard InChI is InChI=1S/C15H18N4/c1-2-19(12-6-4-3-5-7-12)14-10-13(16)17-15(18-14)11-8-9-11/h3-7,10-11H,2,8-9H2,1H3,(H2,16,17,18). The first kappa shape index (κ1) is 12.0. The number of anilines is 3. The number of rotatable bonds is 4. The Morgan fingerprint density at radius 1 is 1.21 bits per heavy atom. The van der Waals surface area contributed by atoms with Crippen LogP contribution in [0.5, 0.6) is 0 Å². The van der Waals surface area contributed by atoms with E-state index in [4.69, 9.17) is 5.73 Å². The second kappa shape index (κ2) is 4.88. The van der Waals surface area contributed by atoms with Crippen molar-refractivity contribution in [1.82, 2.24) is 9.97 Å². The van der Waals surface area contributed by atoms with Crippen molar-refractivity contribution in [2.45, 2.75) is 25.7 Å². The van der Waals surface area contributed by atoms with Crippen molar-refractivity contribution in [2.24, 2.45) is 0 Å². The van der Waals surface area contributed by atoms with Crippen LogP contribution in [0.3, 0.4) is 0 Å². The second-order valence-corrected chi connectivity index (χ2v) is 4.86. The lowest BCUT2D eigenvalue weighted by molar-refractivity contribution is 0.899. The number of nitrogen functional groups attached to an aromatic ring is 1. The van der Waals surface area contributed by atoms with Gasteiger partial charge in [0.1, 0.15) is 17.5 Å². The highest BCUT2D eigenvalue weighted by molar-refractivity contribution is 5.61. The number of aromatic nitrogens is 2. The zero-order valence-electron chi connectivity index (χ0n) is 11.1. The van der Waals surface area contributed by atoms with Crippen LogP contribution in [0.1, 0.15) is 31.5 Å². The molecule has 19 heavy (non-hydrogen) atoms. The zero-order valence-corrected chi connectivity index (χ0v) is 11.1. The predicted molar refractivity (Wildman–Crippen MR) is 77.5 cm³/mol. The fraction of sp³-hybridized carbons (Fsp3) is 0.333. The maximum atomic E-state index is 5.92. The van der Waals surface area contributed by atoms with E-state index in [0.717, 1.165) is 23.9 Å². The van der Waals surface area contributed by atoms with E-state index < -0.39 is 0 Å². The maximum absolute atomic E-state index is 5.92. The molecule has 1 fully saturated rings. The van der Waals surface area contributed by atoms with Gasteiger partial charge in [0.25, 0.3) is 0 Å². The minimum absolute atomic E-state index is 0.511. The van der Waals surface area contributed by atoms with Crippen LogP contribution >= 0.6 is 0 Å². The van der Waals surface area contributed by atoms with Crippen LogP contribution in [-0.4, -0.2) is 16.5 Å². The number of nitrogens with two attached hydrogens (primary N) is 1. The van der Waals surface area contributed by atoms with Crippen LogP contribution in [-0.2, 0) is 0 Å². The minimum atomic E-state index is 0.511. The van der Waals surface area contributed by atoms with Gasteiger partial charge < -0.3 is 10.6 Å². The summed E-state index contributed by atoms with van der Waals surface area (Å²) in [7, 11) is 0. The van der Waals surface area contributed by atoms with E-state index in [1.54, 1.807) is 0 Å². The summed E-state index contributed by atoms with van der Waals surface area (Å²) < 4.78 is 0. The van der Waals surface area contributed by atoms with Crippen LogP contribution in [0.4, 0.5) is 17.3 Å². The molecule has 4 heteroatoms. The van der Waals surface area contributed by atoms with Crippen molar-refractivity contribution >= 4 is 17.3 Å². The summed E-state index contributed by atoms with van der Waals surface area (Å²) in [6.45, 7) is 2.96. The molecule has 1 aliphatic rings. The van der Waals surface area contributed by atoms with Gasteiger partial charge in [0.05, 0.1) is 0 Å². The highest BCUT2D eigenvalue weighted by Gasteiger charge is 2.27. The Morgan fingerprint density at radius 3 is 2.58 bits per heavy atom. The van der Waals surface area contributed by atoms with Gasteiger partial charge in [0, 0.05) is 24.2 Å². The van der Waals surface area contributed by atoms with E-state index in [1.165, 1.54) is 12.8 Å². The first-order valence-electron chi connectivity index (χ1n) is 6.75. The molecule has 0 atom stereocenters. The lowest BCUT2D eigenvalue weighted by Gasteiger charge is -2.22. The topological polar surface area (TPSA) is 55.0 Å². The molecule has 98 valence electrons. The van der Waals surface area contributed by atoms with E-state index in [2.05, 4.69) is 33.9 Å². The van der Waals surface area contributed by atoms with Gasteiger partial charge in [0.15, 0.2) is 0 Å². The molecule has 0 spiro atoms. The van der Waals surface area contributed by atoms with Gasteiger partial charge in [-0.1, -0.05) is 18.2 Å². The second-order valence-electron chi connectivity index (χ2n) is 4.86. The van der Waals surface area contributed by atoms with Gasteiger partial charge in [-0.25, -0.2) is 9.97 Å². The van der Waals surface area contributed by atoms with E-state index >= 15 is 0 Å². The zero-order chi connectivity index (χ0) is 13.2. The van der Waals surface area contributed by atoms with Gasteiger partial charge in [0.2, 0.25) is 0 Å². The van der Waals surface area contributed by atoms with Gasteiger partial charge >= 0.3 is 0 Å². The summed E-state index contributed by atoms with van der Waals surface area (Å²) in [5, 5.41) is 0. The van der Waals surface area contributed by atoms with Crippen molar-refractivity contribution in [1.29, 1.82) is 0 Å². The molecule has 3 rings (SSSR count). The normalized spacial score (nSPS) is 14.4. The fourth-order valence-electron chi connectivity index (χ4n) is 2.22. The van der Waals surface area contributed by atoms with E-state index in [1.807, 2.05) is 24.3 Å². The number of hydrogen-bond donors (Lipinski definition) is 1. The Balaban J connectivity index is 1.99. The predicted octanol–water partition coefficient (Wildman–Crippen LogP) is 3.09. The quantitative estimate of drug-likeness (QED) is 0.911. The first-order valence-corrected chi connectivity index (χ1v) is 6.75. The van der Waals surface area contributed by atoms with Crippen molar-refractivity contribution in [3.8, 4) is 0 Å². The van der Waals surface area contributed by atoms with Gasteiger partial charge in [-0.15, -0.1) is 0 Å². The molecule has 0 radical (unpaired) electrons. The Bertz CT molecular complexity index is 564. The molecule has 0 unspecified atom stereocenters. The van der Waals surface area contributed by atoms with Crippen LogP contribution in [0, 0.1) is 0 Å². The lowest BCUT2D eigenvalue weighted by Crippen LogP contribution is -2.18. The number of benzene rings is 1. The SMILES string of the molecule is CCN(c1ccccc1)c1cc(N)nc(C2CC2)n1. The van der Waals surface area contributed by atoms with E-state index in [-0.39, 0.29) is 0 Å². The van der Waals surface area contributed by atoms with E-state index in [0.29, 0.717) is 11.7 Å². The molecule has 0 saturated heterocycles. The van der Waals surface area contributed by atoms with Crippen LogP contribution in [0.2, 0.25) is 0 Å². The van der Waals surface area contributed by atoms with Gasteiger partial charge in [-0.05, 0) is 31.9 Å². The number of hydrogen-bond acceptors (Lipinski definition) is 4. The highest BCUT2D eigenvalue weighted by Crippen LogP contribution is 2.39. The summed E-state index contributed by atoms with van der Waals surface area (Å²) >= 11 is 0. The molecule has 0 bridgehead atoms. The monoisotopic (exact) mass is 254 g/mol. The molecule has 4 nitrogen and oxygen atoms in total. The molecular formula is C15H18N4. The molecule has 0 aliphatic heterocycles. The van der Waals surface area contributed by atoms with Crippen molar-refractivity contribution in [2.75, 3.05) is 17.2 Å². The largest absolute Gasteiger partial charge is 0.384 e. The third-order valence-corrected chi connectivity index (χ3v) is 3.35. The molecule has 2 aromatic rings. The van der Waals surface area contributed by atoms with Crippen LogP contribution in [0.15, 0.2) is 36.4 Å². The number of nitrogens with zero attached hydrogens (tertiary/aromatic N) is 3. The molecule has 1 saturated carbocycles. The van der Waals surface area contributed by atoms with Crippen LogP contribution < -0.4 is 10.6 Å². The summed E-state index contributed by atoms with van der Waals surface area (Å²) in [5.41, 5.74) is 7.05. The molecule has 1 aromatic carbocycles. The summed E-state index contributed by atoms with van der Waals surface area (Å²) in [6, 6.07) is 12.1. The number of para-hydroxylation sites is 1. The van der Waals surface area contributed by atoms with Crippen LogP contribution in [0.25, 0.3) is 0 Å². The molecular weight excluding hydrogens is 236 g/mol. The molecule has 1 aromatic heterocycles. The smallest absolute Gasteiger partial charge is 0.138 e. The van der Waals surface area contributed by atoms with Gasteiger partial charge in [-0.3, -0.25) is 0 Å². The maximum Gasteiger partial charge on any atom is 0.138 e. The summed E-state index contributed by atoms with van der Waals surface area (Å²) in [5.74, 6) is 2.85. The Kier molecular flexibility index (Phi) is 3.07. The fourth-order valence-corrected chi connectivity index (χ4v) is 2.22. The molecule has 2 N–H and O–H groups in total. The summed E-state index contributed by atoms with van der Waals surface area (Å²) in [4.78, 5) is 11.2. The van der Waals surface area contributed by atoms with E-state index in [9.17, 15) is 0 Å². The third kappa shape index (κ3) is 2.52. The minimum Gasteiger partial charge on any atom is -0.384 e. The molecule has 0 amide bonds. The molecule has 1 heterocycles. The molecule has 1 aliphatic carbocycles. The third-order valence-electron chi connectivity index (χ3n) is 3.35. The summed E-state index contributed by atoms with van der Waals surface area (Å²) in [6.07, 6.45) is 2.36. The first-order chi connectivity index (χ1) is 9.28. The highest BCUT2D eigenvalue weighted by atomic mass is 15.2. The average Bonchev–Trinajstić information content (AvgIpc) is 3.24. The van der Waals surface area contributed by atoms with Gasteiger partial charge in [-0.2, -0.15) is 0 Å². The Morgan fingerprint density at radius 2 is 1.95 bits per heavy atom. The lowest BCUT2D eigenvalue weighted by atomic mass is 10.2. The Hall–Kier alpha value is -2.10. The van der Waals surface area contributed by atoms with Crippen molar-refractivity contribution < 1.29 is 0 Å².